The second kappa shape index (κ2) is 7.79. The van der Waals surface area contributed by atoms with Crippen molar-refractivity contribution in [3.05, 3.63) is 82.2 Å². The number of benzene rings is 2. The number of ketones is 1. The lowest BCUT2D eigenvalue weighted by atomic mass is 10.1. The zero-order chi connectivity index (χ0) is 20.3. The number of carbonyl (C=O) groups excluding carboxylic acids is 1. The zero-order valence-corrected chi connectivity index (χ0v) is 15.0. The molecule has 7 nitrogen and oxygen atoms in total. The van der Waals surface area contributed by atoms with Gasteiger partial charge in [-0.3, -0.25) is 9.59 Å². The van der Waals surface area contributed by atoms with E-state index in [9.17, 15) is 19.5 Å². The molecule has 0 radical (unpaired) electrons. The van der Waals surface area contributed by atoms with E-state index in [0.29, 0.717) is 29.3 Å². The van der Waals surface area contributed by atoms with Crippen molar-refractivity contribution in [1.82, 2.24) is 4.57 Å². The van der Waals surface area contributed by atoms with E-state index in [0.717, 1.165) is 5.56 Å². The van der Waals surface area contributed by atoms with E-state index in [1.165, 1.54) is 6.20 Å². The molecule has 3 rings (SSSR count). The summed E-state index contributed by atoms with van der Waals surface area (Å²) < 4.78 is 6.97. The van der Waals surface area contributed by atoms with Crippen LogP contribution < -0.4 is 10.2 Å². The fourth-order valence-corrected chi connectivity index (χ4v) is 2.89. The quantitative estimate of drug-likeness (QED) is 0.387. The number of methoxy groups -OCH3 is 1. The van der Waals surface area contributed by atoms with Crippen LogP contribution in [0.1, 0.15) is 11.1 Å². The highest BCUT2D eigenvalue weighted by Gasteiger charge is 2.16. The minimum Gasteiger partial charge on any atom is -0.507 e. The van der Waals surface area contributed by atoms with Crippen molar-refractivity contribution in [3.8, 4) is 5.75 Å². The Morgan fingerprint density at radius 1 is 1.11 bits per heavy atom. The molecule has 0 aliphatic carbocycles. The Labute approximate surface area is 159 Å². The number of aromatic nitrogens is 1. The van der Waals surface area contributed by atoms with Gasteiger partial charge in [-0.15, -0.1) is 0 Å². The Bertz CT molecular complexity index is 1160. The summed E-state index contributed by atoms with van der Waals surface area (Å²) in [6, 6.07) is 14.2. The van der Waals surface area contributed by atoms with E-state index in [2.05, 4.69) is 0 Å². The van der Waals surface area contributed by atoms with Gasteiger partial charge in [-0.2, -0.15) is 0 Å². The first-order chi connectivity index (χ1) is 13.4. The molecular formula is C21H17NO6. The van der Waals surface area contributed by atoms with Crippen LogP contribution in [-0.2, 0) is 16.1 Å². The fourth-order valence-electron chi connectivity index (χ4n) is 2.89. The number of aliphatic hydroxyl groups excluding tert-OH is 1. The molecule has 3 aromatic rings. The number of ether oxygens (including phenoxy) is 1. The number of hydrogen-bond donors (Lipinski definition) is 2. The Balaban J connectivity index is 2.16. The predicted molar refractivity (Wildman–Crippen MR) is 104 cm³/mol. The van der Waals surface area contributed by atoms with Crippen molar-refractivity contribution in [1.29, 1.82) is 0 Å². The molecule has 142 valence electrons. The van der Waals surface area contributed by atoms with E-state index in [1.807, 2.05) is 24.3 Å². The minimum absolute atomic E-state index is 0.156. The molecule has 1 heterocycles. The average Bonchev–Trinajstić information content (AvgIpc) is 2.70. The van der Waals surface area contributed by atoms with Gasteiger partial charge >= 0.3 is 5.97 Å². The number of nitrogens with zero attached hydrogens (tertiary/aromatic N) is 1. The zero-order valence-electron chi connectivity index (χ0n) is 15.0. The molecule has 0 saturated carbocycles. The molecule has 0 saturated heterocycles. The summed E-state index contributed by atoms with van der Waals surface area (Å²) in [5.41, 5.74) is 0.876. The molecule has 28 heavy (non-hydrogen) atoms. The first-order valence-corrected chi connectivity index (χ1v) is 8.34. The topological polar surface area (TPSA) is 106 Å². The highest BCUT2D eigenvalue weighted by atomic mass is 16.5. The maximum Gasteiger partial charge on any atom is 0.376 e. The van der Waals surface area contributed by atoms with Crippen molar-refractivity contribution in [2.45, 2.75) is 6.54 Å². The van der Waals surface area contributed by atoms with Crippen LogP contribution in [-0.4, -0.2) is 33.6 Å². The van der Waals surface area contributed by atoms with Crippen LogP contribution in [0.2, 0.25) is 0 Å². The molecule has 7 heteroatoms. The lowest BCUT2D eigenvalue weighted by molar-refractivity contribution is -0.146. The molecule has 0 atom stereocenters. The third-order valence-electron chi connectivity index (χ3n) is 4.23. The minimum atomic E-state index is -1.72. The van der Waals surface area contributed by atoms with Gasteiger partial charge in [0.25, 0.3) is 5.78 Å². The van der Waals surface area contributed by atoms with E-state index < -0.39 is 22.9 Å². The summed E-state index contributed by atoms with van der Waals surface area (Å²) in [6.45, 7) is 0.366. The first-order valence-electron chi connectivity index (χ1n) is 8.34. The first kappa shape index (κ1) is 18.9. The van der Waals surface area contributed by atoms with Crippen LogP contribution >= 0.6 is 0 Å². The van der Waals surface area contributed by atoms with Crippen LogP contribution in [0, 0.1) is 0 Å². The number of carboxylic acids is 1. The van der Waals surface area contributed by atoms with Crippen molar-refractivity contribution >= 4 is 28.4 Å². The summed E-state index contributed by atoms with van der Waals surface area (Å²) >= 11 is 0. The van der Waals surface area contributed by atoms with Gasteiger partial charge in [-0.05, 0) is 29.8 Å². The van der Waals surface area contributed by atoms with Gasteiger partial charge in [-0.1, -0.05) is 24.3 Å². The van der Waals surface area contributed by atoms with Gasteiger partial charge in [0.05, 0.1) is 18.2 Å². The summed E-state index contributed by atoms with van der Waals surface area (Å²) in [7, 11) is 1.56. The number of carboxylic acid groups (broad SMARTS) is 1. The number of carbonyl (C=O) groups is 2. The fraction of sp³-hybridized carbons (Fsp3) is 0.0952. The lowest BCUT2D eigenvalue weighted by Gasteiger charge is -2.14. The number of pyridine rings is 1. The van der Waals surface area contributed by atoms with Gasteiger partial charge < -0.3 is 19.5 Å². The van der Waals surface area contributed by atoms with Crippen molar-refractivity contribution < 1.29 is 24.5 Å². The smallest absolute Gasteiger partial charge is 0.376 e. The Morgan fingerprint density at radius 2 is 1.86 bits per heavy atom. The van der Waals surface area contributed by atoms with Crippen LogP contribution in [0.5, 0.6) is 5.75 Å². The van der Waals surface area contributed by atoms with Crippen molar-refractivity contribution in [3.63, 3.8) is 0 Å². The number of para-hydroxylation sites is 1. The van der Waals surface area contributed by atoms with Gasteiger partial charge in [0.15, 0.2) is 5.43 Å². The third kappa shape index (κ3) is 3.78. The molecule has 0 unspecified atom stereocenters. The predicted octanol–water partition coefficient (Wildman–Crippen LogP) is 2.61. The normalized spacial score (nSPS) is 11.4. The van der Waals surface area contributed by atoms with Gasteiger partial charge in [0.2, 0.25) is 0 Å². The van der Waals surface area contributed by atoms with Crippen LogP contribution in [0.15, 0.2) is 65.6 Å². The van der Waals surface area contributed by atoms with Gasteiger partial charge in [-0.25, -0.2) is 4.79 Å². The molecule has 2 aromatic carbocycles. The van der Waals surface area contributed by atoms with E-state index in [4.69, 9.17) is 9.84 Å². The van der Waals surface area contributed by atoms with Crippen molar-refractivity contribution in [2.75, 3.05) is 7.11 Å². The molecule has 0 aliphatic rings. The molecule has 0 spiro atoms. The number of fused-ring (bicyclic) bond motifs is 1. The maximum absolute atomic E-state index is 12.7. The second-order valence-corrected chi connectivity index (χ2v) is 6.07. The second-order valence-electron chi connectivity index (χ2n) is 6.07. The summed E-state index contributed by atoms with van der Waals surface area (Å²) in [6.07, 6.45) is 1.94. The highest BCUT2D eigenvalue weighted by Crippen LogP contribution is 2.19. The van der Waals surface area contributed by atoms with Gasteiger partial charge in [0, 0.05) is 24.2 Å². The van der Waals surface area contributed by atoms with E-state index in [1.54, 1.807) is 35.9 Å². The maximum atomic E-state index is 12.7. The molecule has 1 aromatic heterocycles. The van der Waals surface area contributed by atoms with E-state index in [-0.39, 0.29) is 5.56 Å². The number of rotatable bonds is 6. The SMILES string of the molecule is COc1cccc(Cn2cc(/C(O)=C/C(=O)C(=O)O)c(=O)c3ccccc32)c1. The summed E-state index contributed by atoms with van der Waals surface area (Å²) in [5.74, 6) is -3.05. The molecule has 2 N–H and O–H groups in total. The van der Waals surface area contributed by atoms with E-state index >= 15 is 0 Å². The Kier molecular flexibility index (Phi) is 5.26. The molecule has 0 amide bonds. The molecule has 0 fully saturated rings. The average molecular weight is 379 g/mol. The monoisotopic (exact) mass is 379 g/mol. The molecule has 0 aliphatic heterocycles. The third-order valence-corrected chi connectivity index (χ3v) is 4.23. The summed E-state index contributed by atoms with van der Waals surface area (Å²) in [4.78, 5) is 34.9. The van der Waals surface area contributed by atoms with Gasteiger partial charge in [0.1, 0.15) is 11.5 Å². The van der Waals surface area contributed by atoms with Crippen LogP contribution in [0.25, 0.3) is 16.7 Å². The largest absolute Gasteiger partial charge is 0.507 e. The lowest BCUT2D eigenvalue weighted by Crippen LogP contribution is -2.16. The number of aliphatic carboxylic acids is 1. The Morgan fingerprint density at radius 3 is 2.57 bits per heavy atom. The standard InChI is InChI=1S/C21H17NO6/c1-28-14-6-4-5-13(9-14)11-22-12-16(18(23)10-19(24)21(26)27)20(25)15-7-2-3-8-17(15)22/h2-10,12,23H,11H2,1H3,(H,26,27)/b18-10-. The number of aliphatic hydroxyl groups is 1. The van der Waals surface area contributed by atoms with Crippen molar-refractivity contribution in [2.24, 2.45) is 0 Å². The Hall–Kier alpha value is -3.87. The number of hydrogen-bond acceptors (Lipinski definition) is 5. The van der Waals surface area contributed by atoms with Crippen LogP contribution in [0.4, 0.5) is 0 Å². The van der Waals surface area contributed by atoms with Crippen LogP contribution in [0.3, 0.4) is 0 Å². The molecule has 0 bridgehead atoms. The molecular weight excluding hydrogens is 362 g/mol. The summed E-state index contributed by atoms with van der Waals surface area (Å²) in [5, 5.41) is 19.3. The highest BCUT2D eigenvalue weighted by molar-refractivity contribution is 6.38.